The predicted octanol–water partition coefficient (Wildman–Crippen LogP) is 7.34. The van der Waals surface area contributed by atoms with E-state index in [4.69, 9.17) is 0 Å². The Morgan fingerprint density at radius 3 is 2.00 bits per heavy atom. The average Bonchev–Trinajstić information content (AvgIpc) is 2.89. The predicted molar refractivity (Wildman–Crippen MR) is 157 cm³/mol. The Hall–Kier alpha value is -3.31. The maximum absolute atomic E-state index is 13.4. The highest BCUT2D eigenvalue weighted by Gasteiger charge is 2.39. The molecular weight excluding hydrogens is 456 g/mol. The molecule has 196 valence electrons. The van der Waals surface area contributed by atoms with Crippen LogP contribution in [0.25, 0.3) is 11.1 Å². The summed E-state index contributed by atoms with van der Waals surface area (Å²) < 4.78 is 0. The third kappa shape index (κ3) is 6.16. The monoisotopic (exact) mass is 498 g/mol. The van der Waals surface area contributed by atoms with Crippen LogP contribution in [0.15, 0.2) is 72.8 Å². The minimum Gasteiger partial charge on any atom is -0.377 e. The van der Waals surface area contributed by atoms with Crippen molar-refractivity contribution in [2.45, 2.75) is 70.9 Å². The SMILES string of the molecule is CC(C)c1cccc(C(C)C)c1NC(=O)NC(C)C1(Nc2ccccc2-c2ccccc2)CCNCC1. The average molecular weight is 499 g/mol. The van der Waals surface area contributed by atoms with E-state index in [2.05, 4.69) is 123 Å². The maximum Gasteiger partial charge on any atom is 0.319 e. The Morgan fingerprint density at radius 2 is 1.38 bits per heavy atom. The first kappa shape index (κ1) is 26.7. The lowest BCUT2D eigenvalue weighted by molar-refractivity contribution is 0.230. The van der Waals surface area contributed by atoms with Crippen LogP contribution in [0.4, 0.5) is 16.2 Å². The Kier molecular flexibility index (Phi) is 8.55. The number of amides is 2. The second kappa shape index (κ2) is 11.8. The molecule has 4 N–H and O–H groups in total. The van der Waals surface area contributed by atoms with Gasteiger partial charge in [0.15, 0.2) is 0 Å². The standard InChI is InChI=1S/C32H42N4O/c1-22(2)26-15-11-16-27(23(3)4)30(26)35-31(37)34-24(5)32(18-20-33-21-19-32)36-29-17-10-9-14-28(29)25-12-7-6-8-13-25/h6-17,22-24,33,36H,18-21H2,1-5H3,(H2,34,35,37). The molecule has 0 saturated carbocycles. The first-order valence-corrected chi connectivity index (χ1v) is 13.6. The van der Waals surface area contributed by atoms with Gasteiger partial charge in [-0.05, 0) is 67.4 Å². The van der Waals surface area contributed by atoms with Crippen LogP contribution < -0.4 is 21.3 Å². The number of hydrogen-bond donors (Lipinski definition) is 4. The molecule has 0 radical (unpaired) electrons. The van der Waals surface area contributed by atoms with E-state index in [0.717, 1.165) is 37.3 Å². The number of urea groups is 1. The molecule has 1 saturated heterocycles. The number of carbonyl (C=O) groups excluding carboxylic acids is 1. The molecule has 5 nitrogen and oxygen atoms in total. The van der Waals surface area contributed by atoms with Crippen LogP contribution in [0, 0.1) is 0 Å². The van der Waals surface area contributed by atoms with E-state index in [1.807, 2.05) is 6.07 Å². The lowest BCUT2D eigenvalue weighted by atomic mass is 9.81. The summed E-state index contributed by atoms with van der Waals surface area (Å²) in [6, 6.07) is 25.0. The van der Waals surface area contributed by atoms with Crippen LogP contribution in [-0.2, 0) is 0 Å². The summed E-state index contributed by atoms with van der Waals surface area (Å²) in [5, 5.41) is 13.9. The molecule has 3 aromatic rings. The van der Waals surface area contributed by atoms with Crippen molar-refractivity contribution in [1.82, 2.24) is 10.6 Å². The number of carbonyl (C=O) groups is 1. The molecule has 1 heterocycles. The zero-order valence-electron chi connectivity index (χ0n) is 22.9. The van der Waals surface area contributed by atoms with E-state index in [1.54, 1.807) is 0 Å². The molecule has 1 atom stereocenters. The molecule has 0 bridgehead atoms. The van der Waals surface area contributed by atoms with Crippen molar-refractivity contribution in [1.29, 1.82) is 0 Å². The number of piperidine rings is 1. The van der Waals surface area contributed by atoms with Crippen molar-refractivity contribution >= 4 is 17.4 Å². The van der Waals surface area contributed by atoms with Gasteiger partial charge >= 0.3 is 6.03 Å². The number of rotatable bonds is 8. The van der Waals surface area contributed by atoms with Crippen LogP contribution in [0.1, 0.15) is 70.4 Å². The molecule has 1 aliphatic rings. The first-order chi connectivity index (χ1) is 17.8. The highest BCUT2D eigenvalue weighted by Crippen LogP contribution is 2.35. The topological polar surface area (TPSA) is 65.2 Å². The Labute approximate surface area is 222 Å². The quantitative estimate of drug-likeness (QED) is 0.263. The van der Waals surface area contributed by atoms with Gasteiger partial charge in [-0.2, -0.15) is 0 Å². The summed E-state index contributed by atoms with van der Waals surface area (Å²) in [5.74, 6) is 0.636. The first-order valence-electron chi connectivity index (χ1n) is 13.6. The largest absolute Gasteiger partial charge is 0.377 e. The van der Waals surface area contributed by atoms with Crippen LogP contribution in [0.2, 0.25) is 0 Å². The molecule has 37 heavy (non-hydrogen) atoms. The fourth-order valence-electron chi connectivity index (χ4n) is 5.45. The number of benzene rings is 3. The normalized spacial score (nSPS) is 15.9. The molecule has 2 amide bonds. The number of nitrogens with one attached hydrogen (secondary N) is 4. The summed E-state index contributed by atoms with van der Waals surface area (Å²) in [7, 11) is 0. The van der Waals surface area contributed by atoms with E-state index < -0.39 is 0 Å². The van der Waals surface area contributed by atoms with Gasteiger partial charge in [0.2, 0.25) is 0 Å². The molecule has 0 aromatic heterocycles. The van der Waals surface area contributed by atoms with Crippen molar-refractivity contribution in [3.63, 3.8) is 0 Å². The molecule has 3 aromatic carbocycles. The van der Waals surface area contributed by atoms with E-state index in [0.29, 0.717) is 11.8 Å². The zero-order chi connectivity index (χ0) is 26.4. The zero-order valence-corrected chi connectivity index (χ0v) is 22.9. The number of para-hydroxylation sites is 2. The Morgan fingerprint density at radius 1 is 0.784 bits per heavy atom. The molecule has 1 fully saturated rings. The molecular formula is C32H42N4O. The smallest absolute Gasteiger partial charge is 0.319 e. The summed E-state index contributed by atoms with van der Waals surface area (Å²) >= 11 is 0. The molecule has 0 spiro atoms. The van der Waals surface area contributed by atoms with Crippen LogP contribution in [0.5, 0.6) is 0 Å². The highest BCUT2D eigenvalue weighted by atomic mass is 16.2. The van der Waals surface area contributed by atoms with E-state index in [-0.39, 0.29) is 17.6 Å². The Balaban J connectivity index is 1.58. The fraction of sp³-hybridized carbons (Fsp3) is 0.406. The van der Waals surface area contributed by atoms with Crippen molar-refractivity contribution in [2.75, 3.05) is 23.7 Å². The maximum atomic E-state index is 13.4. The van der Waals surface area contributed by atoms with Crippen molar-refractivity contribution in [3.8, 4) is 11.1 Å². The van der Waals surface area contributed by atoms with Gasteiger partial charge in [0.25, 0.3) is 0 Å². The summed E-state index contributed by atoms with van der Waals surface area (Å²) in [6.07, 6.45) is 1.83. The molecule has 1 aliphatic heterocycles. The molecule has 4 rings (SSSR count). The van der Waals surface area contributed by atoms with Crippen LogP contribution in [0.3, 0.4) is 0 Å². The third-order valence-electron chi connectivity index (χ3n) is 7.68. The van der Waals surface area contributed by atoms with Gasteiger partial charge in [0, 0.05) is 16.9 Å². The van der Waals surface area contributed by atoms with Crippen LogP contribution in [-0.4, -0.2) is 30.7 Å². The van der Waals surface area contributed by atoms with Gasteiger partial charge in [0.05, 0.1) is 11.6 Å². The Bertz CT molecular complexity index is 1160. The minimum atomic E-state index is -0.272. The van der Waals surface area contributed by atoms with Crippen molar-refractivity contribution in [3.05, 3.63) is 83.9 Å². The number of anilines is 2. The van der Waals surface area contributed by atoms with Gasteiger partial charge in [-0.3, -0.25) is 0 Å². The molecule has 0 aliphatic carbocycles. The van der Waals surface area contributed by atoms with Gasteiger partial charge in [-0.15, -0.1) is 0 Å². The fourth-order valence-corrected chi connectivity index (χ4v) is 5.45. The summed E-state index contributed by atoms with van der Waals surface area (Å²) in [6.45, 7) is 12.6. The third-order valence-corrected chi connectivity index (χ3v) is 7.68. The lowest BCUT2D eigenvalue weighted by Gasteiger charge is -2.44. The van der Waals surface area contributed by atoms with Crippen LogP contribution >= 0.6 is 0 Å². The highest BCUT2D eigenvalue weighted by molar-refractivity contribution is 5.91. The summed E-state index contributed by atoms with van der Waals surface area (Å²) in [5.41, 5.74) is 6.45. The number of hydrogen-bond acceptors (Lipinski definition) is 3. The van der Waals surface area contributed by atoms with E-state index >= 15 is 0 Å². The summed E-state index contributed by atoms with van der Waals surface area (Å²) in [4.78, 5) is 13.4. The second-order valence-corrected chi connectivity index (χ2v) is 10.9. The molecule has 1 unspecified atom stereocenters. The van der Waals surface area contributed by atoms with Crippen molar-refractivity contribution < 1.29 is 4.79 Å². The van der Waals surface area contributed by atoms with Gasteiger partial charge < -0.3 is 21.3 Å². The molecule has 5 heteroatoms. The second-order valence-electron chi connectivity index (χ2n) is 10.9. The van der Waals surface area contributed by atoms with E-state index in [1.165, 1.54) is 22.3 Å². The van der Waals surface area contributed by atoms with Gasteiger partial charge in [-0.25, -0.2) is 4.79 Å². The van der Waals surface area contributed by atoms with Gasteiger partial charge in [0.1, 0.15) is 0 Å². The van der Waals surface area contributed by atoms with E-state index in [9.17, 15) is 4.79 Å². The minimum absolute atomic E-state index is 0.0906. The van der Waals surface area contributed by atoms with Crippen molar-refractivity contribution in [2.24, 2.45) is 0 Å². The van der Waals surface area contributed by atoms with Gasteiger partial charge in [-0.1, -0.05) is 94.4 Å². The lowest BCUT2D eigenvalue weighted by Crippen LogP contribution is -2.60.